The molecule has 1 heterocycles. The van der Waals surface area contributed by atoms with E-state index in [4.69, 9.17) is 11.6 Å². The van der Waals surface area contributed by atoms with Gasteiger partial charge in [-0.3, -0.25) is 4.79 Å². The van der Waals surface area contributed by atoms with Crippen molar-refractivity contribution in [3.63, 3.8) is 0 Å². The number of anilines is 1. The van der Waals surface area contributed by atoms with Crippen molar-refractivity contribution in [3.8, 4) is 0 Å². The second kappa shape index (κ2) is 7.78. The lowest BCUT2D eigenvalue weighted by Gasteiger charge is -2.21. The normalized spacial score (nSPS) is 13.0. The lowest BCUT2D eigenvalue weighted by atomic mass is 10.0. The molecule has 3 rings (SSSR count). The number of fused-ring (bicyclic) bond motifs is 1. The summed E-state index contributed by atoms with van der Waals surface area (Å²) in [5, 5.41) is 2.96. The highest BCUT2D eigenvalue weighted by atomic mass is 35.5. The monoisotopic (exact) mass is 422 g/mol. The van der Waals surface area contributed by atoms with E-state index in [2.05, 4.69) is 20.0 Å². The van der Waals surface area contributed by atoms with Crippen LogP contribution in [0.2, 0.25) is 5.02 Å². The summed E-state index contributed by atoms with van der Waals surface area (Å²) in [6, 6.07) is 9.65. The maximum Gasteiger partial charge on any atom is 0.323 e. The summed E-state index contributed by atoms with van der Waals surface area (Å²) < 4.78 is 27.7. The number of carbonyl (C=O) groups is 1. The van der Waals surface area contributed by atoms with E-state index in [1.165, 1.54) is 18.2 Å². The highest BCUT2D eigenvalue weighted by Gasteiger charge is 2.28. The van der Waals surface area contributed by atoms with Crippen LogP contribution >= 0.6 is 11.6 Å². The number of aromatic nitrogens is 2. The van der Waals surface area contributed by atoms with Gasteiger partial charge in [-0.15, -0.1) is 0 Å². The fourth-order valence-electron chi connectivity index (χ4n) is 2.69. The molecule has 2 aromatic carbocycles. The number of imidazole rings is 1. The first-order valence-corrected chi connectivity index (χ1v) is 10.3. The molecule has 10 heteroatoms. The molecule has 0 unspecified atom stereocenters. The first-order valence-electron chi connectivity index (χ1n) is 8.46. The summed E-state index contributed by atoms with van der Waals surface area (Å²) in [6.07, 6.45) is 0. The van der Waals surface area contributed by atoms with Gasteiger partial charge in [0.1, 0.15) is 6.04 Å². The SMILES string of the molecule is CC(C)[C@H](NS(=O)(=O)c1cccc(Cl)c1)C(=O)Nc1ccc2[nH]c(=O)[nH]c2c1. The van der Waals surface area contributed by atoms with Gasteiger partial charge in [-0.25, -0.2) is 13.2 Å². The number of rotatable bonds is 6. The van der Waals surface area contributed by atoms with Crippen LogP contribution in [0.4, 0.5) is 5.69 Å². The third kappa shape index (κ3) is 4.44. The molecule has 0 aliphatic rings. The van der Waals surface area contributed by atoms with Crippen LogP contribution < -0.4 is 15.7 Å². The van der Waals surface area contributed by atoms with Crippen LogP contribution in [0.15, 0.2) is 52.2 Å². The van der Waals surface area contributed by atoms with E-state index in [1.807, 2.05) is 0 Å². The molecule has 3 aromatic rings. The highest BCUT2D eigenvalue weighted by Crippen LogP contribution is 2.19. The molecule has 1 atom stereocenters. The summed E-state index contributed by atoms with van der Waals surface area (Å²) in [6.45, 7) is 3.47. The smallest absolute Gasteiger partial charge is 0.323 e. The number of hydrogen-bond acceptors (Lipinski definition) is 4. The van der Waals surface area contributed by atoms with Crippen LogP contribution in [0.25, 0.3) is 11.0 Å². The Labute approximate surface area is 166 Å². The van der Waals surface area contributed by atoms with Crippen molar-refractivity contribution in [2.24, 2.45) is 5.92 Å². The molecule has 1 aromatic heterocycles. The number of carbonyl (C=O) groups excluding carboxylic acids is 1. The Morgan fingerprint density at radius 3 is 2.46 bits per heavy atom. The number of sulfonamides is 1. The molecule has 148 valence electrons. The Bertz CT molecular complexity index is 1180. The van der Waals surface area contributed by atoms with Crippen molar-refractivity contribution >= 4 is 44.3 Å². The minimum atomic E-state index is -3.94. The van der Waals surface area contributed by atoms with Crippen molar-refractivity contribution in [1.29, 1.82) is 0 Å². The number of amides is 1. The number of hydrogen-bond donors (Lipinski definition) is 4. The average Bonchev–Trinajstić information content (AvgIpc) is 2.98. The van der Waals surface area contributed by atoms with Crippen molar-refractivity contribution in [3.05, 3.63) is 58.0 Å². The first kappa shape index (κ1) is 20.1. The van der Waals surface area contributed by atoms with Gasteiger partial charge < -0.3 is 15.3 Å². The van der Waals surface area contributed by atoms with Gasteiger partial charge in [-0.05, 0) is 42.3 Å². The highest BCUT2D eigenvalue weighted by molar-refractivity contribution is 7.89. The molecule has 0 bridgehead atoms. The van der Waals surface area contributed by atoms with Gasteiger partial charge in [-0.2, -0.15) is 4.72 Å². The summed E-state index contributed by atoms with van der Waals surface area (Å²) in [4.78, 5) is 29.3. The van der Waals surface area contributed by atoms with E-state index < -0.39 is 22.0 Å². The Kier molecular flexibility index (Phi) is 5.59. The van der Waals surface area contributed by atoms with Gasteiger partial charge in [-0.1, -0.05) is 31.5 Å². The van der Waals surface area contributed by atoms with Gasteiger partial charge in [0.05, 0.1) is 15.9 Å². The van der Waals surface area contributed by atoms with Crippen LogP contribution in [-0.2, 0) is 14.8 Å². The molecule has 8 nitrogen and oxygen atoms in total. The zero-order valence-corrected chi connectivity index (χ0v) is 16.7. The van der Waals surface area contributed by atoms with Gasteiger partial charge in [0.25, 0.3) is 0 Å². The van der Waals surface area contributed by atoms with Crippen molar-refractivity contribution in [2.45, 2.75) is 24.8 Å². The Balaban J connectivity index is 1.82. The summed E-state index contributed by atoms with van der Waals surface area (Å²) in [7, 11) is -3.94. The van der Waals surface area contributed by atoms with Gasteiger partial charge in [0.15, 0.2) is 0 Å². The van der Waals surface area contributed by atoms with Gasteiger partial charge >= 0.3 is 5.69 Å². The second-order valence-corrected chi connectivity index (χ2v) is 8.78. The number of halogens is 1. The molecule has 28 heavy (non-hydrogen) atoms. The van der Waals surface area contributed by atoms with E-state index in [0.717, 1.165) is 0 Å². The minimum absolute atomic E-state index is 0.0234. The molecule has 1 amide bonds. The molecule has 0 spiro atoms. The quantitative estimate of drug-likeness (QED) is 0.487. The van der Waals surface area contributed by atoms with Gasteiger partial charge in [0, 0.05) is 10.7 Å². The molecule has 0 fully saturated rings. The Morgan fingerprint density at radius 2 is 1.79 bits per heavy atom. The second-order valence-electron chi connectivity index (χ2n) is 6.63. The van der Waals surface area contributed by atoms with Crippen LogP contribution in [0, 0.1) is 5.92 Å². The van der Waals surface area contributed by atoms with Crippen LogP contribution in [0.5, 0.6) is 0 Å². The molecule has 0 saturated carbocycles. The summed E-state index contributed by atoms with van der Waals surface area (Å²) in [5.41, 5.74) is 1.21. The predicted molar refractivity (Wildman–Crippen MR) is 108 cm³/mol. The maximum atomic E-state index is 12.7. The predicted octanol–water partition coefficient (Wildman–Crippen LogP) is 2.45. The lowest BCUT2D eigenvalue weighted by molar-refractivity contribution is -0.118. The zero-order valence-electron chi connectivity index (χ0n) is 15.1. The summed E-state index contributed by atoms with van der Waals surface area (Å²) in [5.74, 6) is -0.831. The number of aromatic amines is 2. The van der Waals surface area contributed by atoms with Crippen LogP contribution in [-0.4, -0.2) is 30.3 Å². The standard InChI is InChI=1S/C18H19ClN4O4S/c1-10(2)16(23-28(26,27)13-5-3-4-11(19)8-13)17(24)20-12-6-7-14-15(9-12)22-18(25)21-14/h3-10,16,23H,1-2H3,(H,20,24)(H2,21,22,25)/t16-/m0/s1. The molecule has 0 aliphatic heterocycles. The lowest BCUT2D eigenvalue weighted by Crippen LogP contribution is -2.47. The topological polar surface area (TPSA) is 124 Å². The van der Waals surface area contributed by atoms with E-state index in [9.17, 15) is 18.0 Å². The minimum Gasteiger partial charge on any atom is -0.325 e. The number of nitrogens with one attached hydrogen (secondary N) is 4. The summed E-state index contributed by atoms with van der Waals surface area (Å²) >= 11 is 5.87. The van der Waals surface area contributed by atoms with Crippen molar-refractivity contribution in [1.82, 2.24) is 14.7 Å². The molecule has 0 radical (unpaired) electrons. The van der Waals surface area contributed by atoms with E-state index >= 15 is 0 Å². The third-order valence-electron chi connectivity index (χ3n) is 4.12. The fourth-order valence-corrected chi connectivity index (χ4v) is 4.34. The largest absolute Gasteiger partial charge is 0.325 e. The van der Waals surface area contributed by atoms with Crippen LogP contribution in [0.3, 0.4) is 0 Å². The average molecular weight is 423 g/mol. The van der Waals surface area contributed by atoms with E-state index in [1.54, 1.807) is 38.1 Å². The first-order chi connectivity index (χ1) is 13.2. The van der Waals surface area contributed by atoms with Crippen molar-refractivity contribution in [2.75, 3.05) is 5.32 Å². The molecule has 4 N–H and O–H groups in total. The molecule has 0 aliphatic carbocycles. The third-order valence-corrected chi connectivity index (χ3v) is 5.80. The molecular formula is C18H19ClN4O4S. The van der Waals surface area contributed by atoms with E-state index in [0.29, 0.717) is 16.7 Å². The molecule has 0 saturated heterocycles. The number of benzene rings is 2. The molecular weight excluding hydrogens is 404 g/mol. The maximum absolute atomic E-state index is 12.7. The van der Waals surface area contributed by atoms with Crippen LogP contribution in [0.1, 0.15) is 13.8 Å². The Hall–Kier alpha value is -2.62. The van der Waals surface area contributed by atoms with Gasteiger partial charge in [0.2, 0.25) is 15.9 Å². The zero-order chi connectivity index (χ0) is 20.5. The fraction of sp³-hybridized carbons (Fsp3) is 0.222. The van der Waals surface area contributed by atoms with E-state index in [-0.39, 0.29) is 21.5 Å². The Morgan fingerprint density at radius 1 is 1.07 bits per heavy atom. The number of H-pyrrole nitrogens is 2. The van der Waals surface area contributed by atoms with Crippen molar-refractivity contribution < 1.29 is 13.2 Å².